The summed E-state index contributed by atoms with van der Waals surface area (Å²) in [5, 5.41) is 3.51. The van der Waals surface area contributed by atoms with E-state index in [-0.39, 0.29) is 0 Å². The van der Waals surface area contributed by atoms with Gasteiger partial charge in [-0.05, 0) is 25.7 Å². The van der Waals surface area contributed by atoms with Gasteiger partial charge in [-0.15, -0.1) is 11.6 Å². The molecule has 0 amide bonds. The molecule has 0 heterocycles. The zero-order valence-corrected chi connectivity index (χ0v) is 8.48. The molecule has 0 radical (unpaired) electrons. The van der Waals surface area contributed by atoms with E-state index >= 15 is 0 Å². The first kappa shape index (κ1) is 10.1. The van der Waals surface area contributed by atoms with Crippen LogP contribution in [0.5, 0.6) is 0 Å². The monoisotopic (exact) mass is 187 g/mol. The van der Waals surface area contributed by atoms with Crippen LogP contribution in [0.2, 0.25) is 0 Å². The Labute approximate surface area is 80.2 Å². The lowest BCUT2D eigenvalue weighted by Crippen LogP contribution is -2.33. The van der Waals surface area contributed by atoms with Gasteiger partial charge in [-0.2, -0.15) is 0 Å². The highest BCUT2D eigenvalue weighted by atomic mass is 35.5. The summed E-state index contributed by atoms with van der Waals surface area (Å²) in [5.41, 5.74) is 0. The molecule has 1 aliphatic rings. The third kappa shape index (κ3) is 2.80. The van der Waals surface area contributed by atoms with Crippen LogP contribution in [0.15, 0.2) is 12.2 Å². The summed E-state index contributed by atoms with van der Waals surface area (Å²) in [5.74, 6) is 1.52. The standard InChI is InChI=1S/C10H18ClN/c1-2-3-7-12-10-6-4-5-9(10)8-11/h2-3,9-10,12H,4-8H2,1H3/b3-2+. The van der Waals surface area contributed by atoms with E-state index in [9.17, 15) is 0 Å². The van der Waals surface area contributed by atoms with Gasteiger partial charge < -0.3 is 5.32 Å². The third-order valence-corrected chi connectivity index (χ3v) is 2.99. The first-order chi connectivity index (χ1) is 5.88. The fourth-order valence-electron chi connectivity index (χ4n) is 1.83. The Kier molecular flexibility index (Phi) is 4.70. The normalized spacial score (nSPS) is 30.2. The van der Waals surface area contributed by atoms with Gasteiger partial charge in [0.05, 0.1) is 0 Å². The van der Waals surface area contributed by atoms with Gasteiger partial charge in [0.25, 0.3) is 0 Å². The van der Waals surface area contributed by atoms with Crippen molar-refractivity contribution in [3.63, 3.8) is 0 Å². The fourth-order valence-corrected chi connectivity index (χ4v) is 2.20. The van der Waals surface area contributed by atoms with Crippen LogP contribution in [-0.4, -0.2) is 18.5 Å². The lowest BCUT2D eigenvalue weighted by Gasteiger charge is -2.17. The summed E-state index contributed by atoms with van der Waals surface area (Å²) >= 11 is 5.86. The van der Waals surface area contributed by atoms with Crippen molar-refractivity contribution in [2.24, 2.45) is 5.92 Å². The van der Waals surface area contributed by atoms with Crippen molar-refractivity contribution in [2.75, 3.05) is 12.4 Å². The van der Waals surface area contributed by atoms with E-state index in [4.69, 9.17) is 11.6 Å². The molecule has 0 bridgehead atoms. The van der Waals surface area contributed by atoms with Crippen LogP contribution in [0, 0.1) is 5.92 Å². The Hall–Kier alpha value is -0.0100. The van der Waals surface area contributed by atoms with E-state index in [0.29, 0.717) is 12.0 Å². The lowest BCUT2D eigenvalue weighted by molar-refractivity contribution is 0.449. The van der Waals surface area contributed by atoms with Gasteiger partial charge >= 0.3 is 0 Å². The van der Waals surface area contributed by atoms with Crippen LogP contribution in [0.4, 0.5) is 0 Å². The summed E-state index contributed by atoms with van der Waals surface area (Å²) in [6, 6.07) is 0.665. The van der Waals surface area contributed by atoms with Crippen molar-refractivity contribution in [1.82, 2.24) is 5.32 Å². The van der Waals surface area contributed by atoms with Gasteiger partial charge in [0.15, 0.2) is 0 Å². The average Bonchev–Trinajstić information content (AvgIpc) is 2.52. The Balaban J connectivity index is 2.21. The van der Waals surface area contributed by atoms with Gasteiger partial charge in [-0.1, -0.05) is 18.6 Å². The highest BCUT2D eigenvalue weighted by molar-refractivity contribution is 6.18. The van der Waals surface area contributed by atoms with Crippen LogP contribution >= 0.6 is 11.6 Å². The number of nitrogens with one attached hydrogen (secondary N) is 1. The average molecular weight is 188 g/mol. The Morgan fingerprint density at radius 2 is 2.33 bits per heavy atom. The maximum absolute atomic E-state index is 5.86. The zero-order valence-electron chi connectivity index (χ0n) is 7.72. The van der Waals surface area contributed by atoms with Crippen LogP contribution in [-0.2, 0) is 0 Å². The largest absolute Gasteiger partial charge is 0.310 e. The Morgan fingerprint density at radius 3 is 3.00 bits per heavy atom. The van der Waals surface area contributed by atoms with Gasteiger partial charge in [0.1, 0.15) is 0 Å². The van der Waals surface area contributed by atoms with Crippen LogP contribution < -0.4 is 5.32 Å². The van der Waals surface area contributed by atoms with Crippen molar-refractivity contribution < 1.29 is 0 Å². The first-order valence-corrected chi connectivity index (χ1v) is 5.32. The second-order valence-corrected chi connectivity index (χ2v) is 3.74. The molecule has 1 saturated carbocycles. The van der Waals surface area contributed by atoms with Gasteiger partial charge in [0, 0.05) is 18.5 Å². The van der Waals surface area contributed by atoms with Crippen molar-refractivity contribution >= 4 is 11.6 Å². The second kappa shape index (κ2) is 5.60. The third-order valence-electron chi connectivity index (χ3n) is 2.59. The van der Waals surface area contributed by atoms with Crippen LogP contribution in [0.1, 0.15) is 26.2 Å². The smallest absolute Gasteiger partial charge is 0.0266 e. The van der Waals surface area contributed by atoms with E-state index in [1.54, 1.807) is 0 Å². The summed E-state index contributed by atoms with van der Waals surface area (Å²) < 4.78 is 0. The minimum Gasteiger partial charge on any atom is -0.310 e. The molecule has 1 rings (SSSR count). The van der Waals surface area contributed by atoms with E-state index in [1.165, 1.54) is 19.3 Å². The molecule has 0 aromatic rings. The number of alkyl halides is 1. The number of rotatable bonds is 4. The molecule has 1 aliphatic carbocycles. The van der Waals surface area contributed by atoms with Crippen LogP contribution in [0.25, 0.3) is 0 Å². The number of hydrogen-bond acceptors (Lipinski definition) is 1. The zero-order chi connectivity index (χ0) is 8.81. The highest BCUT2D eigenvalue weighted by Gasteiger charge is 2.25. The van der Waals surface area contributed by atoms with Gasteiger partial charge in [-0.3, -0.25) is 0 Å². The molecule has 0 spiro atoms. The lowest BCUT2D eigenvalue weighted by atomic mass is 10.1. The molecule has 1 nitrogen and oxygen atoms in total. The number of allylic oxidation sites excluding steroid dienone is 1. The fraction of sp³-hybridized carbons (Fsp3) is 0.800. The summed E-state index contributed by atoms with van der Waals surface area (Å²) in [6.45, 7) is 3.05. The predicted molar refractivity (Wildman–Crippen MR) is 54.7 cm³/mol. The number of halogens is 1. The molecule has 2 unspecified atom stereocenters. The van der Waals surface area contributed by atoms with E-state index in [0.717, 1.165) is 12.4 Å². The minimum atomic E-state index is 0.665. The van der Waals surface area contributed by atoms with E-state index < -0.39 is 0 Å². The molecule has 70 valence electrons. The summed E-state index contributed by atoms with van der Waals surface area (Å²) in [4.78, 5) is 0. The molecule has 0 saturated heterocycles. The molecular weight excluding hydrogens is 170 g/mol. The van der Waals surface area contributed by atoms with Crippen molar-refractivity contribution in [1.29, 1.82) is 0 Å². The van der Waals surface area contributed by atoms with Crippen molar-refractivity contribution in [2.45, 2.75) is 32.2 Å². The van der Waals surface area contributed by atoms with Crippen LogP contribution in [0.3, 0.4) is 0 Å². The SMILES string of the molecule is C/C=C/CNC1CCCC1CCl. The van der Waals surface area contributed by atoms with Gasteiger partial charge in [-0.25, -0.2) is 0 Å². The quantitative estimate of drug-likeness (QED) is 0.527. The molecule has 1 N–H and O–H groups in total. The molecule has 1 fully saturated rings. The molecule has 2 atom stereocenters. The number of hydrogen-bond donors (Lipinski definition) is 1. The molecule has 0 aliphatic heterocycles. The van der Waals surface area contributed by atoms with E-state index in [2.05, 4.69) is 24.4 Å². The second-order valence-electron chi connectivity index (χ2n) is 3.43. The van der Waals surface area contributed by atoms with Crippen molar-refractivity contribution in [3.05, 3.63) is 12.2 Å². The predicted octanol–water partition coefficient (Wildman–Crippen LogP) is 2.56. The van der Waals surface area contributed by atoms with E-state index in [1.807, 2.05) is 0 Å². The molecule has 0 aromatic carbocycles. The summed E-state index contributed by atoms with van der Waals surface area (Å²) in [6.07, 6.45) is 8.18. The van der Waals surface area contributed by atoms with Gasteiger partial charge in [0.2, 0.25) is 0 Å². The minimum absolute atomic E-state index is 0.665. The highest BCUT2D eigenvalue weighted by Crippen LogP contribution is 2.26. The molecule has 0 aromatic heterocycles. The summed E-state index contributed by atoms with van der Waals surface area (Å²) in [7, 11) is 0. The topological polar surface area (TPSA) is 12.0 Å². The maximum Gasteiger partial charge on any atom is 0.0266 e. The molecule has 12 heavy (non-hydrogen) atoms. The van der Waals surface area contributed by atoms with Crippen molar-refractivity contribution in [3.8, 4) is 0 Å². The molecular formula is C10H18ClN. The first-order valence-electron chi connectivity index (χ1n) is 4.79. The Morgan fingerprint density at radius 1 is 1.50 bits per heavy atom. The maximum atomic E-state index is 5.86. The Bertz CT molecular complexity index is 145. The molecule has 2 heteroatoms.